The Kier molecular flexibility index (Phi) is 13.0. The van der Waals surface area contributed by atoms with E-state index in [2.05, 4.69) is 0 Å². The highest BCUT2D eigenvalue weighted by Gasteiger charge is 2.40. The lowest BCUT2D eigenvalue weighted by Gasteiger charge is -2.29. The summed E-state index contributed by atoms with van der Waals surface area (Å²) in [6.45, 7) is 11.4. The van der Waals surface area contributed by atoms with Gasteiger partial charge >= 0.3 is 8.80 Å². The first-order chi connectivity index (χ1) is 11.0. The SMILES string of the molecule is CCCC(=O)C(=O)SC(CC)CC[Si](OCC)(OCC)OCC. The molecule has 1 atom stereocenters. The summed E-state index contributed by atoms with van der Waals surface area (Å²) in [7, 11) is -2.68. The Morgan fingerprint density at radius 3 is 1.87 bits per heavy atom. The summed E-state index contributed by atoms with van der Waals surface area (Å²) in [6, 6.07) is 0.670. The average Bonchev–Trinajstić information content (AvgIpc) is 2.52. The van der Waals surface area contributed by atoms with Crippen LogP contribution in [0.1, 0.15) is 60.3 Å². The van der Waals surface area contributed by atoms with Gasteiger partial charge in [-0.25, -0.2) is 0 Å². The van der Waals surface area contributed by atoms with Crippen molar-refractivity contribution < 1.29 is 22.9 Å². The molecule has 7 heteroatoms. The summed E-state index contributed by atoms with van der Waals surface area (Å²) >= 11 is 1.15. The zero-order valence-corrected chi connectivity index (χ0v) is 17.0. The molecule has 0 aromatic carbocycles. The van der Waals surface area contributed by atoms with Gasteiger partial charge in [0.05, 0.1) is 0 Å². The van der Waals surface area contributed by atoms with Crippen molar-refractivity contribution >= 4 is 31.5 Å². The predicted molar refractivity (Wildman–Crippen MR) is 96.6 cm³/mol. The third kappa shape index (κ3) is 9.00. The van der Waals surface area contributed by atoms with Crippen molar-refractivity contribution in [2.45, 2.75) is 71.6 Å². The molecule has 1 unspecified atom stereocenters. The normalized spacial score (nSPS) is 13.1. The molecule has 0 amide bonds. The van der Waals surface area contributed by atoms with Crippen molar-refractivity contribution in [1.82, 2.24) is 0 Å². The average molecular weight is 365 g/mol. The maximum atomic E-state index is 11.9. The molecule has 5 nitrogen and oxygen atoms in total. The fourth-order valence-electron chi connectivity index (χ4n) is 2.23. The molecule has 0 aliphatic carbocycles. The quantitative estimate of drug-likeness (QED) is 0.345. The Hall–Kier alpha value is -0.213. The lowest BCUT2D eigenvalue weighted by Crippen LogP contribution is -2.46. The first-order valence-corrected chi connectivity index (χ1v) is 11.4. The van der Waals surface area contributed by atoms with E-state index in [1.165, 1.54) is 0 Å². The monoisotopic (exact) mass is 364 g/mol. The molecule has 0 spiro atoms. The van der Waals surface area contributed by atoms with E-state index >= 15 is 0 Å². The van der Waals surface area contributed by atoms with Gasteiger partial charge in [0.25, 0.3) is 5.12 Å². The number of thioether (sulfide) groups is 1. The summed E-state index contributed by atoms with van der Waals surface area (Å²) in [5.74, 6) is -0.279. The molecule has 0 aromatic heterocycles. The Morgan fingerprint density at radius 2 is 1.48 bits per heavy atom. The van der Waals surface area contributed by atoms with E-state index in [4.69, 9.17) is 13.3 Å². The molecule has 0 rings (SSSR count). The van der Waals surface area contributed by atoms with Crippen LogP contribution in [0.4, 0.5) is 0 Å². The van der Waals surface area contributed by atoms with Crippen molar-refractivity contribution in [2.24, 2.45) is 0 Å². The maximum absolute atomic E-state index is 11.9. The minimum atomic E-state index is -2.68. The molecule has 0 aromatic rings. The van der Waals surface area contributed by atoms with Crippen molar-refractivity contribution in [2.75, 3.05) is 19.8 Å². The summed E-state index contributed by atoms with van der Waals surface area (Å²) in [6.07, 6.45) is 2.61. The van der Waals surface area contributed by atoms with E-state index < -0.39 is 8.80 Å². The largest absolute Gasteiger partial charge is 0.500 e. The second-order valence-electron chi connectivity index (χ2n) is 5.13. The number of ketones is 1. The highest BCUT2D eigenvalue weighted by molar-refractivity contribution is 8.15. The molecule has 0 heterocycles. The van der Waals surface area contributed by atoms with Gasteiger partial charge in [-0.05, 0) is 40.0 Å². The van der Waals surface area contributed by atoms with Crippen LogP contribution < -0.4 is 0 Å². The molecule has 136 valence electrons. The standard InChI is InChI=1S/C16H32O5SSi/c1-6-11-15(17)16(18)22-14(7-2)12-13-23(19-8-3,20-9-4)21-10-5/h14H,6-13H2,1-5H3. The van der Waals surface area contributed by atoms with Gasteiger partial charge in [0.15, 0.2) is 0 Å². The molecule has 23 heavy (non-hydrogen) atoms. The molecule has 0 radical (unpaired) electrons. The van der Waals surface area contributed by atoms with Gasteiger partial charge in [-0.15, -0.1) is 0 Å². The number of carbonyl (C=O) groups is 2. The number of Topliss-reactive ketones (excluding diaryl/α,β-unsaturated/α-hetero) is 1. The van der Waals surface area contributed by atoms with Crippen molar-refractivity contribution in [3.05, 3.63) is 0 Å². The van der Waals surface area contributed by atoms with Crippen molar-refractivity contribution in [3.8, 4) is 0 Å². The Labute approximate surface area is 146 Å². The lowest BCUT2D eigenvalue weighted by molar-refractivity contribution is -0.131. The first-order valence-electron chi connectivity index (χ1n) is 8.64. The highest BCUT2D eigenvalue weighted by Crippen LogP contribution is 2.27. The van der Waals surface area contributed by atoms with Crippen LogP contribution in [0.25, 0.3) is 0 Å². The van der Waals surface area contributed by atoms with Gasteiger partial charge in [0, 0.05) is 37.5 Å². The highest BCUT2D eigenvalue weighted by atomic mass is 32.2. The van der Waals surface area contributed by atoms with Crippen molar-refractivity contribution in [3.63, 3.8) is 0 Å². The Morgan fingerprint density at radius 1 is 0.957 bits per heavy atom. The molecule has 0 aliphatic rings. The molecule has 0 N–H and O–H groups in total. The minimum absolute atomic E-state index is 0.0940. The molecule has 0 fully saturated rings. The Bertz CT molecular complexity index is 334. The predicted octanol–water partition coefficient (Wildman–Crippen LogP) is 3.83. The third-order valence-corrected chi connectivity index (χ3v) is 7.73. The lowest BCUT2D eigenvalue weighted by atomic mass is 10.2. The number of rotatable bonds is 14. The van der Waals surface area contributed by atoms with Gasteiger partial charge in [0.1, 0.15) is 0 Å². The number of carbonyl (C=O) groups excluding carboxylic acids is 2. The van der Waals surface area contributed by atoms with E-state index in [1.54, 1.807) is 0 Å². The minimum Gasteiger partial charge on any atom is -0.374 e. The molecule has 0 saturated heterocycles. The molecule has 0 aliphatic heterocycles. The third-order valence-electron chi connectivity index (χ3n) is 3.30. The maximum Gasteiger partial charge on any atom is 0.500 e. The van der Waals surface area contributed by atoms with Gasteiger partial charge in [-0.3, -0.25) is 9.59 Å². The van der Waals surface area contributed by atoms with Gasteiger partial charge in [-0.2, -0.15) is 0 Å². The van der Waals surface area contributed by atoms with Crippen LogP contribution >= 0.6 is 11.8 Å². The topological polar surface area (TPSA) is 61.8 Å². The van der Waals surface area contributed by atoms with E-state index in [9.17, 15) is 9.59 Å². The van der Waals surface area contributed by atoms with Crippen LogP contribution in [0.5, 0.6) is 0 Å². The van der Waals surface area contributed by atoms with Crippen LogP contribution in [-0.4, -0.2) is 44.8 Å². The second kappa shape index (κ2) is 13.1. The van der Waals surface area contributed by atoms with Gasteiger partial charge in [0.2, 0.25) is 5.78 Å². The van der Waals surface area contributed by atoms with Crippen LogP contribution in [0.2, 0.25) is 6.04 Å². The number of hydrogen-bond donors (Lipinski definition) is 0. The van der Waals surface area contributed by atoms with E-state index in [0.717, 1.165) is 24.6 Å². The first kappa shape index (κ1) is 22.8. The van der Waals surface area contributed by atoms with E-state index in [1.807, 2.05) is 34.6 Å². The van der Waals surface area contributed by atoms with Crippen LogP contribution in [-0.2, 0) is 22.9 Å². The van der Waals surface area contributed by atoms with Crippen molar-refractivity contribution in [1.29, 1.82) is 0 Å². The molecular formula is C16H32O5SSi. The summed E-state index contributed by atoms with van der Waals surface area (Å²) in [5, 5.41) is -0.230. The Balaban J connectivity index is 4.69. The van der Waals surface area contributed by atoms with E-state index in [-0.39, 0.29) is 16.1 Å². The fraction of sp³-hybridized carbons (Fsp3) is 0.875. The fourth-order valence-corrected chi connectivity index (χ4v) is 6.08. The van der Waals surface area contributed by atoms with Gasteiger partial charge < -0.3 is 13.3 Å². The van der Waals surface area contributed by atoms with E-state index in [0.29, 0.717) is 38.7 Å². The summed E-state index contributed by atoms with van der Waals surface area (Å²) in [5.41, 5.74) is 0. The zero-order valence-electron chi connectivity index (χ0n) is 15.2. The molecular weight excluding hydrogens is 332 g/mol. The van der Waals surface area contributed by atoms with Crippen LogP contribution in [0.3, 0.4) is 0 Å². The smallest absolute Gasteiger partial charge is 0.374 e. The van der Waals surface area contributed by atoms with Crippen LogP contribution in [0, 0.1) is 0 Å². The summed E-state index contributed by atoms with van der Waals surface area (Å²) in [4.78, 5) is 23.6. The molecule has 0 saturated carbocycles. The summed E-state index contributed by atoms with van der Waals surface area (Å²) < 4.78 is 17.5. The van der Waals surface area contributed by atoms with Gasteiger partial charge in [-0.1, -0.05) is 25.6 Å². The second-order valence-corrected chi connectivity index (χ2v) is 9.13. The molecule has 0 bridgehead atoms. The number of hydrogen-bond acceptors (Lipinski definition) is 6. The van der Waals surface area contributed by atoms with Crippen LogP contribution in [0.15, 0.2) is 0 Å². The zero-order chi connectivity index (χ0) is 17.7.